The summed E-state index contributed by atoms with van der Waals surface area (Å²) in [6, 6.07) is 1.38. The van der Waals surface area contributed by atoms with Gasteiger partial charge in [-0.05, 0) is 19.8 Å². The molecule has 6 nitrogen and oxygen atoms in total. The Morgan fingerprint density at radius 1 is 1.72 bits per heavy atom. The van der Waals surface area contributed by atoms with Crippen molar-refractivity contribution < 1.29 is 15.1 Å². The van der Waals surface area contributed by atoms with E-state index < -0.39 is 11.0 Å². The highest BCUT2D eigenvalue weighted by molar-refractivity contribution is 7.16. The van der Waals surface area contributed by atoms with E-state index in [2.05, 4.69) is 0 Å². The van der Waals surface area contributed by atoms with E-state index in [9.17, 15) is 20.3 Å². The summed E-state index contributed by atoms with van der Waals surface area (Å²) in [4.78, 5) is 13.1. The third-order valence-corrected chi connectivity index (χ3v) is 4.50. The highest BCUT2D eigenvalue weighted by Gasteiger charge is 2.32. The lowest BCUT2D eigenvalue weighted by Gasteiger charge is -2.22. The van der Waals surface area contributed by atoms with Crippen molar-refractivity contribution >= 4 is 22.0 Å². The molecular weight excluding hydrogens is 256 g/mol. The van der Waals surface area contributed by atoms with E-state index in [1.54, 1.807) is 6.92 Å². The summed E-state index contributed by atoms with van der Waals surface area (Å²) in [7, 11) is 0. The van der Waals surface area contributed by atoms with Crippen LogP contribution >= 0.6 is 11.3 Å². The van der Waals surface area contributed by atoms with Crippen molar-refractivity contribution in [3.8, 4) is 0 Å². The summed E-state index contributed by atoms with van der Waals surface area (Å²) in [6.45, 7) is 2.30. The number of hydrogen-bond donors (Lipinski definition) is 2. The van der Waals surface area contributed by atoms with Gasteiger partial charge in [0.2, 0.25) is 0 Å². The van der Waals surface area contributed by atoms with E-state index in [-0.39, 0.29) is 18.3 Å². The molecule has 0 radical (unpaired) electrons. The summed E-state index contributed by atoms with van der Waals surface area (Å²) in [5.41, 5.74) is 0.0243. The zero-order valence-corrected chi connectivity index (χ0v) is 10.9. The highest BCUT2D eigenvalue weighted by Crippen LogP contribution is 2.42. The molecular formula is C11H16N2O4S. The largest absolute Gasteiger partial charge is 0.394 e. The van der Waals surface area contributed by atoms with E-state index in [0.717, 1.165) is 12.8 Å². The average molecular weight is 272 g/mol. The molecule has 18 heavy (non-hydrogen) atoms. The fraction of sp³-hybridized carbons (Fsp3) is 0.636. The van der Waals surface area contributed by atoms with Crippen molar-refractivity contribution in [3.05, 3.63) is 21.1 Å². The molecule has 0 spiro atoms. The fourth-order valence-electron chi connectivity index (χ4n) is 2.23. The first-order chi connectivity index (χ1) is 8.54. The Labute approximate surface area is 109 Å². The molecule has 1 aromatic rings. The minimum atomic E-state index is -0.711. The van der Waals surface area contributed by atoms with Crippen molar-refractivity contribution in [2.75, 3.05) is 18.1 Å². The van der Waals surface area contributed by atoms with Crippen LogP contribution in [0.1, 0.15) is 30.7 Å². The van der Waals surface area contributed by atoms with Crippen LogP contribution in [-0.2, 0) is 0 Å². The number of hydrogen-bond acceptors (Lipinski definition) is 6. The maximum atomic E-state index is 11.1. The molecule has 0 saturated carbocycles. The lowest BCUT2D eigenvalue weighted by molar-refractivity contribution is -0.383. The van der Waals surface area contributed by atoms with Gasteiger partial charge in [0.05, 0.1) is 23.7 Å². The molecule has 1 saturated heterocycles. The van der Waals surface area contributed by atoms with Gasteiger partial charge in [-0.2, -0.15) is 0 Å². The third-order valence-electron chi connectivity index (χ3n) is 3.17. The Kier molecular flexibility index (Phi) is 3.84. The van der Waals surface area contributed by atoms with Gasteiger partial charge in [-0.25, -0.2) is 0 Å². The number of nitro groups is 1. The number of anilines is 1. The molecule has 0 aromatic carbocycles. The lowest BCUT2D eigenvalue weighted by atomic mass is 10.2. The fourth-order valence-corrected chi connectivity index (χ4v) is 3.39. The maximum absolute atomic E-state index is 11.1. The van der Waals surface area contributed by atoms with Gasteiger partial charge >= 0.3 is 5.69 Å². The van der Waals surface area contributed by atoms with Crippen molar-refractivity contribution in [2.45, 2.75) is 31.9 Å². The van der Waals surface area contributed by atoms with E-state index in [1.165, 1.54) is 17.4 Å². The second-order valence-corrected chi connectivity index (χ2v) is 5.51. The molecule has 0 bridgehead atoms. The first kappa shape index (κ1) is 13.3. The predicted molar refractivity (Wildman–Crippen MR) is 69.1 cm³/mol. The topological polar surface area (TPSA) is 86.8 Å². The summed E-state index contributed by atoms with van der Waals surface area (Å²) in [6.07, 6.45) is 1.05. The zero-order chi connectivity index (χ0) is 13.3. The normalized spacial score (nSPS) is 21.3. The van der Waals surface area contributed by atoms with Crippen molar-refractivity contribution in [1.82, 2.24) is 0 Å². The Morgan fingerprint density at radius 3 is 3.00 bits per heavy atom. The van der Waals surface area contributed by atoms with Gasteiger partial charge in [0.1, 0.15) is 0 Å². The summed E-state index contributed by atoms with van der Waals surface area (Å²) in [5.74, 6) is 0. The SMILES string of the molecule is C[C@@H](O)c1cc([N+](=O)[O-])c(N2CCCC2CO)s1. The van der Waals surface area contributed by atoms with Crippen LogP contribution in [0.15, 0.2) is 6.07 Å². The van der Waals surface area contributed by atoms with Gasteiger partial charge in [-0.15, -0.1) is 11.3 Å². The average Bonchev–Trinajstić information content (AvgIpc) is 2.94. The number of aliphatic hydroxyl groups is 2. The number of rotatable bonds is 4. The number of aliphatic hydroxyl groups excluding tert-OH is 2. The molecule has 1 aliphatic heterocycles. The summed E-state index contributed by atoms with van der Waals surface area (Å²) >= 11 is 1.24. The quantitative estimate of drug-likeness (QED) is 0.643. The molecule has 1 fully saturated rings. The zero-order valence-electron chi connectivity index (χ0n) is 10.1. The molecule has 1 unspecified atom stereocenters. The van der Waals surface area contributed by atoms with Crippen LogP contribution in [0.25, 0.3) is 0 Å². The summed E-state index contributed by atoms with van der Waals surface area (Å²) < 4.78 is 0. The van der Waals surface area contributed by atoms with E-state index in [1.807, 2.05) is 4.90 Å². The van der Waals surface area contributed by atoms with Crippen LogP contribution in [0.3, 0.4) is 0 Å². The molecule has 2 atom stereocenters. The molecule has 2 rings (SSSR count). The minimum Gasteiger partial charge on any atom is -0.394 e. The van der Waals surface area contributed by atoms with Gasteiger partial charge in [0.25, 0.3) is 0 Å². The monoisotopic (exact) mass is 272 g/mol. The van der Waals surface area contributed by atoms with Gasteiger partial charge in [0.15, 0.2) is 5.00 Å². The van der Waals surface area contributed by atoms with Crippen LogP contribution in [0.2, 0.25) is 0 Å². The molecule has 1 aromatic heterocycles. The Balaban J connectivity index is 2.39. The predicted octanol–water partition coefficient (Wildman–Crippen LogP) is 1.67. The first-order valence-corrected chi connectivity index (χ1v) is 6.70. The summed E-state index contributed by atoms with van der Waals surface area (Å²) in [5, 5.41) is 30.4. The van der Waals surface area contributed by atoms with E-state index in [0.29, 0.717) is 16.4 Å². The Bertz CT molecular complexity index is 446. The van der Waals surface area contributed by atoms with Crippen LogP contribution in [0.4, 0.5) is 10.7 Å². The molecule has 0 aliphatic carbocycles. The molecule has 7 heteroatoms. The molecule has 1 aliphatic rings. The lowest BCUT2D eigenvalue weighted by Crippen LogP contribution is -2.31. The molecule has 100 valence electrons. The molecule has 0 amide bonds. The van der Waals surface area contributed by atoms with Gasteiger partial charge in [0, 0.05) is 17.5 Å². The standard InChI is InChI=1S/C11H16N2O4S/c1-7(15)10-5-9(13(16)17)11(18-10)12-4-2-3-8(12)6-14/h5,7-8,14-15H,2-4,6H2,1H3/t7-,8?/m1/s1. The molecule has 2 N–H and O–H groups in total. The van der Waals surface area contributed by atoms with E-state index in [4.69, 9.17) is 0 Å². The van der Waals surface area contributed by atoms with Gasteiger partial charge in [-0.3, -0.25) is 10.1 Å². The number of nitrogens with zero attached hydrogens (tertiary/aromatic N) is 2. The van der Waals surface area contributed by atoms with Gasteiger partial charge < -0.3 is 15.1 Å². The van der Waals surface area contributed by atoms with Gasteiger partial charge in [-0.1, -0.05) is 0 Å². The Morgan fingerprint density at radius 2 is 2.44 bits per heavy atom. The smallest absolute Gasteiger partial charge is 0.304 e. The Hall–Kier alpha value is -1.18. The van der Waals surface area contributed by atoms with E-state index >= 15 is 0 Å². The first-order valence-electron chi connectivity index (χ1n) is 5.88. The van der Waals surface area contributed by atoms with Crippen molar-refractivity contribution in [2.24, 2.45) is 0 Å². The second-order valence-electron chi connectivity index (χ2n) is 4.44. The van der Waals surface area contributed by atoms with Crippen LogP contribution < -0.4 is 4.90 Å². The van der Waals surface area contributed by atoms with Crippen molar-refractivity contribution in [3.63, 3.8) is 0 Å². The highest BCUT2D eigenvalue weighted by atomic mass is 32.1. The maximum Gasteiger partial charge on any atom is 0.304 e. The minimum absolute atomic E-state index is 0.000926. The number of thiophene rings is 1. The van der Waals surface area contributed by atoms with Crippen LogP contribution in [0.5, 0.6) is 0 Å². The van der Waals surface area contributed by atoms with Crippen LogP contribution in [0, 0.1) is 10.1 Å². The van der Waals surface area contributed by atoms with Crippen LogP contribution in [-0.4, -0.2) is 34.3 Å². The second kappa shape index (κ2) is 5.21. The molecule has 2 heterocycles. The van der Waals surface area contributed by atoms with Crippen molar-refractivity contribution in [1.29, 1.82) is 0 Å². The third kappa shape index (κ3) is 2.33.